The Kier molecular flexibility index (Phi) is 7.72. The minimum Gasteiger partial charge on any atom is -0.497 e. The van der Waals surface area contributed by atoms with E-state index in [4.69, 9.17) is 14.9 Å². The van der Waals surface area contributed by atoms with Crippen LogP contribution in [0.3, 0.4) is 0 Å². The molecule has 3 rings (SSSR count). The number of hydrogen-bond donors (Lipinski definition) is 4. The number of methoxy groups -OCH3 is 1. The molecule has 10 nitrogen and oxygen atoms in total. The summed E-state index contributed by atoms with van der Waals surface area (Å²) in [7, 11) is 1.57. The molecule has 1 aromatic carbocycles. The Hall–Kier alpha value is -3.40. The second-order valence-corrected chi connectivity index (χ2v) is 6.58. The number of benzene rings is 1. The van der Waals surface area contributed by atoms with Gasteiger partial charge in [-0.1, -0.05) is 6.07 Å². The van der Waals surface area contributed by atoms with E-state index in [9.17, 15) is 19.2 Å². The van der Waals surface area contributed by atoms with Crippen LogP contribution in [-0.2, 0) is 14.4 Å². The molecule has 2 atom stereocenters. The molecule has 2 aliphatic heterocycles. The van der Waals surface area contributed by atoms with Gasteiger partial charge in [-0.2, -0.15) is 0 Å². The molecule has 3 amide bonds. The Morgan fingerprint density at radius 3 is 2.52 bits per heavy atom. The van der Waals surface area contributed by atoms with E-state index < -0.39 is 11.9 Å². The quantitative estimate of drug-likeness (QED) is 0.543. The third kappa shape index (κ3) is 6.61. The van der Waals surface area contributed by atoms with E-state index in [-0.39, 0.29) is 17.9 Å². The monoisotopic (exact) mass is 405 g/mol. The van der Waals surface area contributed by atoms with E-state index in [1.807, 2.05) is 0 Å². The third-order valence-electron chi connectivity index (χ3n) is 4.43. The first kappa shape index (κ1) is 21.9. The van der Waals surface area contributed by atoms with Crippen LogP contribution in [0.1, 0.15) is 6.42 Å². The van der Waals surface area contributed by atoms with Gasteiger partial charge in [-0.25, -0.2) is 14.4 Å². The van der Waals surface area contributed by atoms with Gasteiger partial charge >= 0.3 is 18.0 Å². The largest absolute Gasteiger partial charge is 0.497 e. The van der Waals surface area contributed by atoms with Crippen LogP contribution in [-0.4, -0.2) is 65.7 Å². The van der Waals surface area contributed by atoms with E-state index in [2.05, 4.69) is 10.6 Å². The summed E-state index contributed by atoms with van der Waals surface area (Å²) in [5.41, 5.74) is 0.626. The number of carbonyl (C=O) groups is 4. The minimum atomic E-state index is -1.26. The minimum absolute atomic E-state index is 0.0754. The standard InChI is InChI=1S/C15H19N3O3.C4H4O4/c1-21-13-4-2-3-12(6-13)17-15(20)18-9-10-5-11(14(18)19)8-16-7-10;5-3(6)1-2-4(7)8/h2-4,6,10-11,16H,5,7-9H2,1H3,(H,17,20);1-2H,(H,5,6)(H,7,8)/b;2-1+. The number of rotatable bonds is 4. The number of carbonyl (C=O) groups excluding carboxylic acids is 2. The molecule has 2 heterocycles. The number of ether oxygens (including phenoxy) is 1. The molecule has 0 aromatic heterocycles. The number of anilines is 1. The summed E-state index contributed by atoms with van der Waals surface area (Å²) in [5.74, 6) is -1.65. The van der Waals surface area contributed by atoms with Crippen molar-refractivity contribution < 1.29 is 34.1 Å². The van der Waals surface area contributed by atoms with Crippen molar-refractivity contribution in [3.8, 4) is 5.75 Å². The van der Waals surface area contributed by atoms with Gasteiger partial charge in [0.15, 0.2) is 0 Å². The number of carboxylic acid groups (broad SMARTS) is 2. The number of aliphatic carboxylic acids is 2. The number of imide groups is 1. The Balaban J connectivity index is 0.000000321. The van der Waals surface area contributed by atoms with Gasteiger partial charge in [0.1, 0.15) is 5.75 Å². The number of urea groups is 1. The highest BCUT2D eigenvalue weighted by atomic mass is 16.5. The molecular formula is C19H23N3O7. The van der Waals surface area contributed by atoms with Crippen LogP contribution in [0.15, 0.2) is 36.4 Å². The first-order valence-corrected chi connectivity index (χ1v) is 8.91. The summed E-state index contributed by atoms with van der Waals surface area (Å²) < 4.78 is 5.12. The number of fused-ring (bicyclic) bond motifs is 2. The lowest BCUT2D eigenvalue weighted by Gasteiger charge is -2.39. The average molecular weight is 405 g/mol. The Morgan fingerprint density at radius 1 is 1.21 bits per heavy atom. The van der Waals surface area contributed by atoms with Gasteiger partial charge in [0.2, 0.25) is 5.91 Å². The topological polar surface area (TPSA) is 145 Å². The van der Waals surface area contributed by atoms with E-state index in [1.165, 1.54) is 4.90 Å². The van der Waals surface area contributed by atoms with Gasteiger partial charge in [-0.05, 0) is 31.0 Å². The zero-order valence-corrected chi connectivity index (χ0v) is 15.8. The van der Waals surface area contributed by atoms with Gasteiger partial charge in [0.05, 0.1) is 13.0 Å². The predicted octanol–water partition coefficient (Wildman–Crippen LogP) is 1.01. The fourth-order valence-electron chi connectivity index (χ4n) is 3.14. The lowest BCUT2D eigenvalue weighted by atomic mass is 9.85. The molecule has 2 bridgehead atoms. The fraction of sp³-hybridized carbons (Fsp3) is 0.368. The SMILES string of the molecule is COc1cccc(NC(=O)N2CC3CNCC(C3)C2=O)c1.O=C(O)/C=C/C(=O)O. The molecule has 2 unspecified atom stereocenters. The van der Waals surface area contributed by atoms with E-state index in [0.29, 0.717) is 42.6 Å². The van der Waals surface area contributed by atoms with Crippen LogP contribution < -0.4 is 15.4 Å². The van der Waals surface area contributed by atoms with Crippen molar-refractivity contribution in [1.29, 1.82) is 0 Å². The molecule has 0 spiro atoms. The Bertz CT molecular complexity index is 793. The molecule has 0 aliphatic carbocycles. The number of carboxylic acids is 2. The van der Waals surface area contributed by atoms with Crippen LogP contribution in [0.4, 0.5) is 10.5 Å². The highest BCUT2D eigenvalue weighted by Crippen LogP contribution is 2.26. The number of likely N-dealkylation sites (tertiary alicyclic amines) is 1. The van der Waals surface area contributed by atoms with Crippen molar-refractivity contribution in [2.24, 2.45) is 11.8 Å². The Morgan fingerprint density at radius 2 is 1.90 bits per heavy atom. The second-order valence-electron chi connectivity index (χ2n) is 6.58. The average Bonchev–Trinajstić information content (AvgIpc) is 2.70. The zero-order chi connectivity index (χ0) is 21.4. The van der Waals surface area contributed by atoms with Crippen LogP contribution in [0.5, 0.6) is 5.75 Å². The number of nitrogens with one attached hydrogen (secondary N) is 2. The molecule has 10 heteroatoms. The van der Waals surface area contributed by atoms with E-state index in [1.54, 1.807) is 31.4 Å². The zero-order valence-electron chi connectivity index (χ0n) is 15.8. The number of hydrogen-bond acceptors (Lipinski definition) is 6. The number of amides is 3. The molecule has 4 N–H and O–H groups in total. The summed E-state index contributed by atoms with van der Waals surface area (Å²) in [6, 6.07) is 6.75. The van der Waals surface area contributed by atoms with Gasteiger partial charge in [-0.15, -0.1) is 0 Å². The van der Waals surface area contributed by atoms with Crippen molar-refractivity contribution in [2.75, 3.05) is 32.1 Å². The second kappa shape index (κ2) is 10.2. The summed E-state index contributed by atoms with van der Waals surface area (Å²) in [6.07, 6.45) is 2.00. The van der Waals surface area contributed by atoms with Crippen molar-refractivity contribution >= 4 is 29.6 Å². The first-order chi connectivity index (χ1) is 13.8. The lowest BCUT2D eigenvalue weighted by molar-refractivity contribution is -0.137. The van der Waals surface area contributed by atoms with Crippen LogP contribution in [0.25, 0.3) is 0 Å². The maximum atomic E-state index is 12.3. The number of piperidine rings is 2. The molecule has 2 aliphatic rings. The van der Waals surface area contributed by atoms with Crippen molar-refractivity contribution in [1.82, 2.24) is 10.2 Å². The van der Waals surface area contributed by atoms with Crippen LogP contribution in [0, 0.1) is 11.8 Å². The van der Waals surface area contributed by atoms with Gasteiger partial charge < -0.3 is 25.6 Å². The normalized spacial score (nSPS) is 20.4. The molecule has 156 valence electrons. The summed E-state index contributed by atoms with van der Waals surface area (Å²) in [6.45, 7) is 2.02. The lowest BCUT2D eigenvalue weighted by Crippen LogP contribution is -2.57. The van der Waals surface area contributed by atoms with Crippen LogP contribution >= 0.6 is 0 Å². The summed E-state index contributed by atoms with van der Waals surface area (Å²) in [4.78, 5) is 45.1. The van der Waals surface area contributed by atoms with Crippen LogP contribution in [0.2, 0.25) is 0 Å². The first-order valence-electron chi connectivity index (χ1n) is 8.91. The molecule has 0 radical (unpaired) electrons. The predicted molar refractivity (Wildman–Crippen MR) is 103 cm³/mol. The molecular weight excluding hydrogens is 382 g/mol. The molecule has 0 saturated carbocycles. The summed E-state index contributed by atoms with van der Waals surface area (Å²) in [5, 5.41) is 21.6. The Labute approximate surface area is 167 Å². The third-order valence-corrected chi connectivity index (χ3v) is 4.43. The van der Waals surface area contributed by atoms with Gasteiger partial charge in [0.25, 0.3) is 0 Å². The van der Waals surface area contributed by atoms with Crippen molar-refractivity contribution in [2.45, 2.75) is 6.42 Å². The van der Waals surface area contributed by atoms with E-state index in [0.717, 1.165) is 13.0 Å². The number of nitrogens with zero attached hydrogens (tertiary/aromatic N) is 1. The molecule has 1 aromatic rings. The molecule has 2 saturated heterocycles. The summed E-state index contributed by atoms with van der Waals surface area (Å²) >= 11 is 0. The van der Waals surface area contributed by atoms with E-state index >= 15 is 0 Å². The maximum Gasteiger partial charge on any atom is 0.328 e. The van der Waals surface area contributed by atoms with Crippen molar-refractivity contribution in [3.63, 3.8) is 0 Å². The molecule has 2 fully saturated rings. The highest BCUT2D eigenvalue weighted by molar-refractivity contribution is 6.02. The smallest absolute Gasteiger partial charge is 0.328 e. The van der Waals surface area contributed by atoms with Crippen molar-refractivity contribution in [3.05, 3.63) is 36.4 Å². The van der Waals surface area contributed by atoms with Gasteiger partial charge in [-0.3, -0.25) is 9.69 Å². The van der Waals surface area contributed by atoms with Gasteiger partial charge in [0, 0.05) is 37.0 Å². The maximum absolute atomic E-state index is 12.3. The molecule has 29 heavy (non-hydrogen) atoms. The highest BCUT2D eigenvalue weighted by Gasteiger charge is 2.39. The fourth-order valence-corrected chi connectivity index (χ4v) is 3.14.